The molecule has 0 aliphatic rings. The summed E-state index contributed by atoms with van der Waals surface area (Å²) in [4.78, 5) is 0. The van der Waals surface area contributed by atoms with Crippen molar-refractivity contribution >= 4 is 34.7 Å². The topological polar surface area (TPSA) is 50.7 Å². The van der Waals surface area contributed by atoms with Gasteiger partial charge in [-0.25, -0.2) is 13.2 Å². The molecule has 2 rings (SSSR count). The molecule has 0 aliphatic carbocycles. The highest BCUT2D eigenvalue weighted by Crippen LogP contribution is 2.22. The summed E-state index contributed by atoms with van der Waals surface area (Å²) in [5.41, 5.74) is 6.00. The van der Waals surface area contributed by atoms with Crippen molar-refractivity contribution in [2.45, 2.75) is 5.75 Å². The zero-order chi connectivity index (χ0) is 16.8. The molecule has 0 saturated carbocycles. The zero-order valence-electron chi connectivity index (χ0n) is 11.6. The van der Waals surface area contributed by atoms with Crippen LogP contribution in [0.15, 0.2) is 46.6 Å². The van der Waals surface area contributed by atoms with Crippen molar-refractivity contribution in [1.29, 1.82) is 0 Å². The molecule has 23 heavy (non-hydrogen) atoms. The lowest BCUT2D eigenvalue weighted by Gasteiger charge is -2.02. The van der Waals surface area contributed by atoms with Gasteiger partial charge in [0.1, 0.15) is 5.82 Å². The molecule has 0 aliphatic heterocycles. The lowest BCUT2D eigenvalue weighted by atomic mass is 10.2. The van der Waals surface area contributed by atoms with E-state index in [2.05, 4.69) is 10.2 Å². The largest absolute Gasteiger partial charge is 0.377 e. The van der Waals surface area contributed by atoms with Gasteiger partial charge >= 0.3 is 0 Å². The first-order valence-corrected chi connectivity index (χ1v) is 7.71. The summed E-state index contributed by atoms with van der Waals surface area (Å²) in [7, 11) is 0. The fraction of sp³-hybridized carbons (Fsp3) is 0.0667. The molecular weight excluding hydrogens is 347 g/mol. The average Bonchev–Trinajstić information content (AvgIpc) is 2.55. The first kappa shape index (κ1) is 17.4. The predicted molar refractivity (Wildman–Crippen MR) is 88.3 cm³/mol. The molecule has 3 nitrogen and oxygen atoms in total. The molecular formula is C15H11ClF3N3S. The zero-order valence-corrected chi connectivity index (χ0v) is 13.2. The Balaban J connectivity index is 2.04. The highest BCUT2D eigenvalue weighted by molar-refractivity contribution is 8.13. The molecule has 0 saturated heterocycles. The average molecular weight is 358 g/mol. The lowest BCUT2D eigenvalue weighted by Crippen LogP contribution is -2.06. The standard InChI is InChI=1S/C15H11ClF3N3S/c16-11-6-12(17)10(13(18)14(11)19)7-21-22-15(20)23-8-9-4-2-1-3-5-9/h1-7H,8H2,(H2,20,22). The number of amidine groups is 1. The van der Waals surface area contributed by atoms with Gasteiger partial charge in [-0.05, 0) is 11.6 Å². The van der Waals surface area contributed by atoms with Crippen LogP contribution in [-0.2, 0) is 5.75 Å². The summed E-state index contributed by atoms with van der Waals surface area (Å²) < 4.78 is 40.3. The molecule has 0 fully saturated rings. The van der Waals surface area contributed by atoms with Crippen molar-refractivity contribution in [3.8, 4) is 0 Å². The van der Waals surface area contributed by atoms with E-state index in [9.17, 15) is 13.2 Å². The Bertz CT molecular complexity index is 751. The number of nitrogens with zero attached hydrogens (tertiary/aromatic N) is 2. The summed E-state index contributed by atoms with van der Waals surface area (Å²) in [5, 5.41) is 6.55. The van der Waals surface area contributed by atoms with Gasteiger partial charge in [0, 0.05) is 5.75 Å². The Morgan fingerprint density at radius 1 is 1.17 bits per heavy atom. The van der Waals surface area contributed by atoms with E-state index in [4.69, 9.17) is 17.3 Å². The quantitative estimate of drug-likeness (QED) is 0.291. The van der Waals surface area contributed by atoms with Crippen LogP contribution in [0.5, 0.6) is 0 Å². The van der Waals surface area contributed by atoms with E-state index < -0.39 is 28.0 Å². The monoisotopic (exact) mass is 357 g/mol. The summed E-state index contributed by atoms with van der Waals surface area (Å²) in [5.74, 6) is -3.23. The molecule has 0 atom stereocenters. The van der Waals surface area contributed by atoms with Crippen LogP contribution in [0.2, 0.25) is 5.02 Å². The summed E-state index contributed by atoms with van der Waals surface area (Å²) >= 11 is 6.53. The normalized spacial score (nSPS) is 12.1. The summed E-state index contributed by atoms with van der Waals surface area (Å²) in [6.07, 6.45) is 0.750. The van der Waals surface area contributed by atoms with Crippen LogP contribution in [0, 0.1) is 17.5 Å². The Morgan fingerprint density at radius 2 is 1.87 bits per heavy atom. The number of hydrogen-bond donors (Lipinski definition) is 1. The molecule has 0 radical (unpaired) electrons. The van der Waals surface area contributed by atoms with Gasteiger partial charge in [0.2, 0.25) is 0 Å². The van der Waals surface area contributed by atoms with Gasteiger partial charge in [-0.2, -0.15) is 5.10 Å². The fourth-order valence-corrected chi connectivity index (χ4v) is 2.39. The van der Waals surface area contributed by atoms with Crippen LogP contribution in [0.3, 0.4) is 0 Å². The Kier molecular flexibility index (Phi) is 6.06. The van der Waals surface area contributed by atoms with Crippen molar-refractivity contribution in [3.05, 3.63) is 70.0 Å². The highest BCUT2D eigenvalue weighted by Gasteiger charge is 2.16. The van der Waals surface area contributed by atoms with Crippen molar-refractivity contribution < 1.29 is 13.2 Å². The van der Waals surface area contributed by atoms with E-state index in [0.717, 1.165) is 11.8 Å². The van der Waals surface area contributed by atoms with Gasteiger partial charge in [0.05, 0.1) is 16.8 Å². The predicted octanol–water partition coefficient (Wildman–Crippen LogP) is 4.34. The van der Waals surface area contributed by atoms with E-state index >= 15 is 0 Å². The third kappa shape index (κ3) is 4.74. The van der Waals surface area contributed by atoms with Gasteiger partial charge in [0.25, 0.3) is 0 Å². The summed E-state index contributed by atoms with van der Waals surface area (Å²) in [6, 6.07) is 10.2. The number of rotatable bonds is 4. The molecule has 0 bridgehead atoms. The van der Waals surface area contributed by atoms with Gasteiger partial charge in [-0.1, -0.05) is 53.7 Å². The van der Waals surface area contributed by atoms with Crippen molar-refractivity contribution in [1.82, 2.24) is 0 Å². The highest BCUT2D eigenvalue weighted by atomic mass is 35.5. The first-order chi connectivity index (χ1) is 11.0. The smallest absolute Gasteiger partial charge is 0.180 e. The number of hydrogen-bond acceptors (Lipinski definition) is 3. The Morgan fingerprint density at radius 3 is 2.57 bits per heavy atom. The summed E-state index contributed by atoms with van der Waals surface area (Å²) in [6.45, 7) is 0. The minimum atomic E-state index is -1.43. The number of benzene rings is 2. The Hall–Kier alpha value is -1.99. The molecule has 120 valence electrons. The molecule has 2 aromatic rings. The molecule has 0 aromatic heterocycles. The third-order valence-corrected chi connectivity index (χ3v) is 3.85. The van der Waals surface area contributed by atoms with E-state index in [1.54, 1.807) is 0 Å². The van der Waals surface area contributed by atoms with E-state index in [-0.39, 0.29) is 5.17 Å². The van der Waals surface area contributed by atoms with Crippen LogP contribution < -0.4 is 5.73 Å². The van der Waals surface area contributed by atoms with Gasteiger partial charge in [-0.15, -0.1) is 5.10 Å². The second-order valence-electron chi connectivity index (χ2n) is 4.34. The maximum atomic E-state index is 13.5. The van der Waals surface area contributed by atoms with Crippen LogP contribution >= 0.6 is 23.4 Å². The first-order valence-electron chi connectivity index (χ1n) is 6.35. The number of halogens is 4. The van der Waals surface area contributed by atoms with Crippen LogP contribution in [-0.4, -0.2) is 11.4 Å². The number of nitrogens with two attached hydrogens (primary N) is 1. The van der Waals surface area contributed by atoms with Crippen molar-refractivity contribution in [2.24, 2.45) is 15.9 Å². The molecule has 0 amide bonds. The van der Waals surface area contributed by atoms with Gasteiger partial charge < -0.3 is 5.73 Å². The SMILES string of the molecule is NC(=NN=Cc1c(F)cc(Cl)c(F)c1F)SCc1ccccc1. The maximum absolute atomic E-state index is 13.5. The molecule has 0 spiro atoms. The Labute approximate surface area is 140 Å². The molecule has 0 unspecified atom stereocenters. The maximum Gasteiger partial charge on any atom is 0.180 e. The van der Waals surface area contributed by atoms with E-state index in [1.165, 1.54) is 11.8 Å². The third-order valence-electron chi connectivity index (χ3n) is 2.72. The number of thioether (sulfide) groups is 1. The van der Waals surface area contributed by atoms with Gasteiger partial charge in [-0.3, -0.25) is 0 Å². The van der Waals surface area contributed by atoms with Crippen LogP contribution in [0.1, 0.15) is 11.1 Å². The molecule has 0 heterocycles. The fourth-order valence-electron chi connectivity index (χ4n) is 1.60. The lowest BCUT2D eigenvalue weighted by molar-refractivity contribution is 0.493. The molecule has 2 N–H and O–H groups in total. The minimum Gasteiger partial charge on any atom is -0.377 e. The second kappa shape index (κ2) is 8.03. The van der Waals surface area contributed by atoms with Crippen molar-refractivity contribution in [2.75, 3.05) is 0 Å². The molecule has 2 aromatic carbocycles. The van der Waals surface area contributed by atoms with E-state index in [1.807, 2.05) is 30.3 Å². The van der Waals surface area contributed by atoms with Crippen LogP contribution in [0.25, 0.3) is 0 Å². The van der Waals surface area contributed by atoms with Crippen LogP contribution in [0.4, 0.5) is 13.2 Å². The molecule has 8 heteroatoms. The van der Waals surface area contributed by atoms with Gasteiger partial charge in [0.15, 0.2) is 16.8 Å². The minimum absolute atomic E-state index is 0.111. The second-order valence-corrected chi connectivity index (χ2v) is 5.74. The van der Waals surface area contributed by atoms with Crippen molar-refractivity contribution in [3.63, 3.8) is 0 Å². The van der Waals surface area contributed by atoms with E-state index in [0.29, 0.717) is 11.8 Å².